The van der Waals surface area contributed by atoms with Gasteiger partial charge in [-0.05, 0) is 42.9 Å². The Kier molecular flexibility index (Phi) is 7.69. The lowest BCUT2D eigenvalue weighted by Gasteiger charge is -2.20. The molecule has 0 saturated heterocycles. The molecule has 1 unspecified atom stereocenters. The van der Waals surface area contributed by atoms with E-state index in [4.69, 9.17) is 4.74 Å². The molecule has 1 aromatic rings. The molecule has 1 amide bonds. The topological polar surface area (TPSA) is 84.5 Å². The molecule has 1 saturated carbocycles. The number of hydrogen-bond acceptors (Lipinski definition) is 4. The molecule has 0 aromatic heterocycles. The summed E-state index contributed by atoms with van der Waals surface area (Å²) in [6.07, 6.45) is 4.12. The van der Waals surface area contributed by atoms with Crippen LogP contribution in [0, 0.1) is 23.7 Å². The molecule has 2 N–H and O–H groups in total. The van der Waals surface area contributed by atoms with Crippen molar-refractivity contribution >= 4 is 15.9 Å². The molecule has 0 spiro atoms. The minimum Gasteiger partial charge on any atom is -0.481 e. The highest BCUT2D eigenvalue weighted by Gasteiger charge is 2.24. The van der Waals surface area contributed by atoms with Gasteiger partial charge in [0.25, 0.3) is 0 Å². The molecule has 0 aliphatic heterocycles. The van der Waals surface area contributed by atoms with E-state index >= 15 is 0 Å². The fourth-order valence-corrected chi connectivity index (χ4v) is 3.29. The quantitative estimate of drug-likeness (QED) is 0.627. The molecule has 0 heterocycles. The van der Waals surface area contributed by atoms with Crippen LogP contribution < -0.4 is 14.8 Å². The van der Waals surface area contributed by atoms with Crippen molar-refractivity contribution in [3.05, 3.63) is 29.8 Å². The zero-order chi connectivity index (χ0) is 19.9. The van der Waals surface area contributed by atoms with Crippen molar-refractivity contribution in [3.8, 4) is 17.6 Å². The van der Waals surface area contributed by atoms with Gasteiger partial charge in [-0.15, -0.1) is 0 Å². The standard InChI is InChI=1S/C20H28N2O4S/c1-15(2)19(22-27(3,24)25)20(23)21-13-12-17-8-10-18(11-9-17)26-14-4-5-16-6-7-16/h8-11,15-16,19,22H,6-7,12-14H2,1-3H3,(H,21,23). The van der Waals surface area contributed by atoms with Gasteiger partial charge >= 0.3 is 0 Å². The summed E-state index contributed by atoms with van der Waals surface area (Å²) in [6, 6.07) is 6.90. The van der Waals surface area contributed by atoms with Crippen LogP contribution in [0.3, 0.4) is 0 Å². The third-order valence-corrected chi connectivity index (χ3v) is 4.80. The molecule has 0 radical (unpaired) electrons. The second-order valence-corrected chi connectivity index (χ2v) is 8.96. The maximum atomic E-state index is 12.2. The number of hydrogen-bond donors (Lipinski definition) is 2. The molecule has 1 aromatic carbocycles. The minimum absolute atomic E-state index is 0.140. The Morgan fingerprint density at radius 3 is 2.48 bits per heavy atom. The molecule has 1 atom stereocenters. The number of carbonyl (C=O) groups is 1. The van der Waals surface area contributed by atoms with Crippen molar-refractivity contribution in [2.24, 2.45) is 11.8 Å². The normalized spacial score (nSPS) is 15.0. The van der Waals surface area contributed by atoms with Crippen LogP contribution in [0.2, 0.25) is 0 Å². The second kappa shape index (κ2) is 9.77. The van der Waals surface area contributed by atoms with Gasteiger partial charge in [-0.25, -0.2) is 13.1 Å². The first-order chi connectivity index (χ1) is 12.7. The summed E-state index contributed by atoms with van der Waals surface area (Å²) in [5.74, 6) is 7.07. The van der Waals surface area contributed by atoms with Gasteiger partial charge in [0.1, 0.15) is 18.4 Å². The van der Waals surface area contributed by atoms with Crippen molar-refractivity contribution < 1.29 is 17.9 Å². The van der Waals surface area contributed by atoms with E-state index < -0.39 is 16.1 Å². The lowest BCUT2D eigenvalue weighted by Crippen LogP contribution is -2.49. The van der Waals surface area contributed by atoms with Crippen LogP contribution in [0.4, 0.5) is 0 Å². The first-order valence-corrected chi connectivity index (χ1v) is 11.1. The highest BCUT2D eigenvalue weighted by atomic mass is 32.2. The van der Waals surface area contributed by atoms with Crippen LogP contribution in [0.1, 0.15) is 32.3 Å². The van der Waals surface area contributed by atoms with Crippen LogP contribution in [0.5, 0.6) is 5.75 Å². The largest absolute Gasteiger partial charge is 0.481 e. The number of ether oxygens (including phenoxy) is 1. The highest BCUT2D eigenvalue weighted by Crippen LogP contribution is 2.27. The number of carbonyl (C=O) groups excluding carboxylic acids is 1. The van der Waals surface area contributed by atoms with Gasteiger partial charge in [0, 0.05) is 12.5 Å². The molecule has 1 aliphatic rings. The van der Waals surface area contributed by atoms with E-state index in [1.54, 1.807) is 13.8 Å². The minimum atomic E-state index is -3.44. The SMILES string of the molecule is CC(C)C(NS(C)(=O)=O)C(=O)NCCc1ccc(OCC#CC2CC2)cc1. The molecular weight excluding hydrogens is 364 g/mol. The fourth-order valence-electron chi connectivity index (χ4n) is 2.45. The fraction of sp³-hybridized carbons (Fsp3) is 0.550. The molecule has 27 heavy (non-hydrogen) atoms. The maximum absolute atomic E-state index is 12.2. The summed E-state index contributed by atoms with van der Waals surface area (Å²) in [4.78, 5) is 12.2. The Hall–Kier alpha value is -2.04. The molecule has 6 nitrogen and oxygen atoms in total. The third kappa shape index (κ3) is 8.46. The van der Waals surface area contributed by atoms with E-state index in [2.05, 4.69) is 21.9 Å². The van der Waals surface area contributed by atoms with Crippen LogP contribution >= 0.6 is 0 Å². The number of amides is 1. The van der Waals surface area contributed by atoms with Gasteiger partial charge in [0.05, 0.1) is 6.26 Å². The average Bonchev–Trinajstić information content (AvgIpc) is 3.41. The van der Waals surface area contributed by atoms with Gasteiger partial charge in [-0.1, -0.05) is 37.8 Å². The summed E-state index contributed by atoms with van der Waals surface area (Å²) in [5, 5.41) is 2.79. The summed E-state index contributed by atoms with van der Waals surface area (Å²) < 4.78 is 30.8. The zero-order valence-corrected chi connectivity index (χ0v) is 16.9. The molecule has 1 fully saturated rings. The average molecular weight is 393 g/mol. The van der Waals surface area contributed by atoms with E-state index in [0.29, 0.717) is 25.5 Å². The summed E-state index contributed by atoms with van der Waals surface area (Å²) in [5.41, 5.74) is 1.06. The van der Waals surface area contributed by atoms with Crippen molar-refractivity contribution in [2.45, 2.75) is 39.2 Å². The van der Waals surface area contributed by atoms with Gasteiger partial charge in [-0.2, -0.15) is 0 Å². The van der Waals surface area contributed by atoms with Crippen molar-refractivity contribution in [1.29, 1.82) is 0 Å². The lowest BCUT2D eigenvalue weighted by molar-refractivity contribution is -0.123. The Bertz CT molecular complexity index is 788. The van der Waals surface area contributed by atoms with Gasteiger partial charge < -0.3 is 10.1 Å². The van der Waals surface area contributed by atoms with Crippen molar-refractivity contribution in [3.63, 3.8) is 0 Å². The van der Waals surface area contributed by atoms with Crippen molar-refractivity contribution in [2.75, 3.05) is 19.4 Å². The van der Waals surface area contributed by atoms with Gasteiger partial charge in [0.15, 0.2) is 0 Å². The lowest BCUT2D eigenvalue weighted by atomic mass is 10.0. The molecule has 2 rings (SSSR count). The number of benzene rings is 1. The van der Waals surface area contributed by atoms with Crippen LogP contribution in [-0.2, 0) is 21.2 Å². The molecule has 148 valence electrons. The van der Waals surface area contributed by atoms with E-state index in [9.17, 15) is 13.2 Å². The van der Waals surface area contributed by atoms with Crippen LogP contribution in [0.15, 0.2) is 24.3 Å². The Morgan fingerprint density at radius 2 is 1.93 bits per heavy atom. The molecular formula is C20H28N2O4S. The van der Waals surface area contributed by atoms with E-state index in [1.807, 2.05) is 24.3 Å². The third-order valence-electron chi connectivity index (χ3n) is 4.12. The van der Waals surface area contributed by atoms with Crippen LogP contribution in [-0.4, -0.2) is 39.8 Å². The number of sulfonamides is 1. The Morgan fingerprint density at radius 1 is 1.26 bits per heavy atom. The van der Waals surface area contributed by atoms with Crippen molar-refractivity contribution in [1.82, 2.24) is 10.0 Å². The molecule has 1 aliphatic carbocycles. The summed E-state index contributed by atoms with van der Waals surface area (Å²) in [6.45, 7) is 4.43. The Balaban J connectivity index is 1.75. The number of rotatable bonds is 9. The summed E-state index contributed by atoms with van der Waals surface area (Å²) in [7, 11) is -3.44. The molecule has 0 bridgehead atoms. The first kappa shape index (κ1) is 21.3. The molecule has 7 heteroatoms. The second-order valence-electron chi connectivity index (χ2n) is 7.18. The smallest absolute Gasteiger partial charge is 0.238 e. The first-order valence-electron chi connectivity index (χ1n) is 9.20. The van der Waals surface area contributed by atoms with E-state index in [1.165, 1.54) is 12.8 Å². The summed E-state index contributed by atoms with van der Waals surface area (Å²) >= 11 is 0. The number of nitrogens with one attached hydrogen (secondary N) is 2. The van der Waals surface area contributed by atoms with Crippen LogP contribution in [0.25, 0.3) is 0 Å². The van der Waals surface area contributed by atoms with Gasteiger partial charge in [0.2, 0.25) is 15.9 Å². The monoisotopic (exact) mass is 392 g/mol. The highest BCUT2D eigenvalue weighted by molar-refractivity contribution is 7.88. The van der Waals surface area contributed by atoms with E-state index in [0.717, 1.165) is 17.6 Å². The predicted octanol–water partition coefficient (Wildman–Crippen LogP) is 1.71. The van der Waals surface area contributed by atoms with Gasteiger partial charge in [-0.3, -0.25) is 4.79 Å². The Labute approximate surface area is 162 Å². The van der Waals surface area contributed by atoms with E-state index in [-0.39, 0.29) is 11.8 Å². The maximum Gasteiger partial charge on any atom is 0.238 e. The predicted molar refractivity (Wildman–Crippen MR) is 106 cm³/mol. The zero-order valence-electron chi connectivity index (χ0n) is 16.1.